The molecule has 0 aromatic heterocycles. The van der Waals surface area contributed by atoms with Crippen LogP contribution >= 0.6 is 58.2 Å². The van der Waals surface area contributed by atoms with E-state index in [0.717, 1.165) is 31.5 Å². The number of hydrazine groups is 1. The smallest absolute Gasteiger partial charge is 0.267 e. The van der Waals surface area contributed by atoms with Crippen molar-refractivity contribution in [2.24, 2.45) is 0 Å². The molecule has 2 aromatic rings. The molecule has 0 aliphatic carbocycles. The quantitative estimate of drug-likeness (QED) is 0.363. The van der Waals surface area contributed by atoms with Gasteiger partial charge >= 0.3 is 0 Å². The fraction of sp³-hybridized carbons (Fsp3) is 0.0556. The first-order valence-corrected chi connectivity index (χ1v) is 10.1. The first-order valence-electron chi connectivity index (χ1n) is 7.46. The minimum atomic E-state index is -0.484. The highest BCUT2D eigenvalue weighted by molar-refractivity contribution is 14.1. The van der Waals surface area contributed by atoms with E-state index in [1.54, 1.807) is 24.3 Å². The molecule has 1 saturated heterocycles. The predicted molar refractivity (Wildman–Crippen MR) is 118 cm³/mol. The van der Waals surface area contributed by atoms with Gasteiger partial charge in [0.1, 0.15) is 0 Å². The number of thioether (sulfide) groups is 1. The molecule has 1 aliphatic heterocycles. The lowest BCUT2D eigenvalue weighted by molar-refractivity contribution is -0.123. The molecule has 8 heteroatoms. The standard InChI is InChI=1S/C18H12ClIN2O2S2/c1-10-2-7-13(14(19)8-10)16(23)21-22-17(24)15(26-18(22)25)9-11-3-5-12(20)6-4-11/h2-9H,1H3,(H,21,23)/b15-9-. The van der Waals surface area contributed by atoms with E-state index in [-0.39, 0.29) is 15.8 Å². The Morgan fingerprint density at radius 1 is 1.27 bits per heavy atom. The molecule has 4 nitrogen and oxygen atoms in total. The van der Waals surface area contributed by atoms with Gasteiger partial charge in [0.05, 0.1) is 15.5 Å². The molecule has 1 aliphatic rings. The molecule has 2 aromatic carbocycles. The molecule has 0 saturated carbocycles. The van der Waals surface area contributed by atoms with Crippen molar-refractivity contribution in [3.63, 3.8) is 0 Å². The number of carbonyl (C=O) groups excluding carboxylic acids is 2. The van der Waals surface area contributed by atoms with Crippen LogP contribution in [0.25, 0.3) is 6.08 Å². The summed E-state index contributed by atoms with van der Waals surface area (Å²) in [5.41, 5.74) is 4.65. The summed E-state index contributed by atoms with van der Waals surface area (Å²) in [6.07, 6.45) is 1.75. The lowest BCUT2D eigenvalue weighted by Crippen LogP contribution is -2.44. The summed E-state index contributed by atoms with van der Waals surface area (Å²) in [6, 6.07) is 12.8. The molecule has 26 heavy (non-hydrogen) atoms. The Bertz CT molecular complexity index is 945. The average molecular weight is 515 g/mol. The first kappa shape index (κ1) is 19.3. The zero-order valence-corrected chi connectivity index (χ0v) is 18.0. The minimum Gasteiger partial charge on any atom is -0.267 e. The number of nitrogens with zero attached hydrogens (tertiary/aromatic N) is 1. The van der Waals surface area contributed by atoms with Crippen LogP contribution in [0.4, 0.5) is 0 Å². The average Bonchev–Trinajstić information content (AvgIpc) is 2.84. The number of nitrogens with one attached hydrogen (secondary N) is 1. The maximum absolute atomic E-state index is 12.6. The zero-order chi connectivity index (χ0) is 18.8. The number of rotatable bonds is 3. The van der Waals surface area contributed by atoms with Crippen molar-refractivity contribution in [3.05, 3.63) is 72.7 Å². The van der Waals surface area contributed by atoms with E-state index in [2.05, 4.69) is 28.0 Å². The summed E-state index contributed by atoms with van der Waals surface area (Å²) >= 11 is 14.7. The number of amides is 2. The number of benzene rings is 2. The third-order valence-electron chi connectivity index (χ3n) is 3.54. The highest BCUT2D eigenvalue weighted by atomic mass is 127. The van der Waals surface area contributed by atoms with Crippen molar-refractivity contribution in [1.82, 2.24) is 10.4 Å². The number of thiocarbonyl (C=S) groups is 1. The highest BCUT2D eigenvalue weighted by Gasteiger charge is 2.34. The largest absolute Gasteiger partial charge is 0.285 e. The van der Waals surface area contributed by atoms with E-state index >= 15 is 0 Å². The summed E-state index contributed by atoms with van der Waals surface area (Å²) < 4.78 is 1.37. The maximum atomic E-state index is 12.6. The molecule has 3 rings (SSSR count). The van der Waals surface area contributed by atoms with Crippen LogP contribution in [0.15, 0.2) is 47.4 Å². The van der Waals surface area contributed by atoms with E-state index in [4.69, 9.17) is 23.8 Å². The number of hydrogen-bond donors (Lipinski definition) is 1. The van der Waals surface area contributed by atoms with Crippen molar-refractivity contribution in [3.8, 4) is 0 Å². The Kier molecular flexibility index (Phi) is 6.01. The van der Waals surface area contributed by atoms with Gasteiger partial charge in [0, 0.05) is 3.57 Å². The van der Waals surface area contributed by atoms with E-state index in [9.17, 15) is 9.59 Å². The molecule has 0 spiro atoms. The highest BCUT2D eigenvalue weighted by Crippen LogP contribution is 2.31. The van der Waals surface area contributed by atoms with Crippen LogP contribution in [0.3, 0.4) is 0 Å². The number of hydrogen-bond acceptors (Lipinski definition) is 4. The van der Waals surface area contributed by atoms with Crippen molar-refractivity contribution in [1.29, 1.82) is 0 Å². The van der Waals surface area contributed by atoms with Gasteiger partial charge in [-0.3, -0.25) is 15.0 Å². The Labute approximate surface area is 179 Å². The summed E-state index contributed by atoms with van der Waals surface area (Å²) in [7, 11) is 0. The SMILES string of the molecule is Cc1ccc(C(=O)NN2C(=O)/C(=C/c3ccc(I)cc3)SC2=S)c(Cl)c1. The Hall–Kier alpha value is -1.42. The Morgan fingerprint density at radius 2 is 1.96 bits per heavy atom. The molecule has 1 heterocycles. The van der Waals surface area contributed by atoms with E-state index in [0.29, 0.717) is 9.93 Å². The third-order valence-corrected chi connectivity index (χ3v) is 5.88. The van der Waals surface area contributed by atoms with E-state index < -0.39 is 5.91 Å². The molecule has 0 radical (unpaired) electrons. The van der Waals surface area contributed by atoms with Gasteiger partial charge in [-0.15, -0.1) is 0 Å². The Morgan fingerprint density at radius 3 is 2.62 bits per heavy atom. The van der Waals surface area contributed by atoms with Gasteiger partial charge in [0.15, 0.2) is 4.32 Å². The van der Waals surface area contributed by atoms with Crippen LogP contribution in [0.2, 0.25) is 5.02 Å². The van der Waals surface area contributed by atoms with Gasteiger partial charge < -0.3 is 0 Å². The van der Waals surface area contributed by atoms with Crippen LogP contribution < -0.4 is 5.43 Å². The second-order valence-electron chi connectivity index (χ2n) is 5.49. The molecule has 132 valence electrons. The van der Waals surface area contributed by atoms with Crippen LogP contribution in [0.5, 0.6) is 0 Å². The van der Waals surface area contributed by atoms with Crippen molar-refractivity contribution < 1.29 is 9.59 Å². The van der Waals surface area contributed by atoms with Gasteiger partial charge in [-0.25, -0.2) is 0 Å². The van der Waals surface area contributed by atoms with Crippen LogP contribution in [-0.2, 0) is 4.79 Å². The fourth-order valence-electron chi connectivity index (χ4n) is 2.24. The second kappa shape index (κ2) is 8.08. The van der Waals surface area contributed by atoms with Gasteiger partial charge in [-0.2, -0.15) is 5.01 Å². The molecule has 0 atom stereocenters. The van der Waals surface area contributed by atoms with Crippen molar-refractivity contribution in [2.75, 3.05) is 0 Å². The molecule has 1 fully saturated rings. The lowest BCUT2D eigenvalue weighted by atomic mass is 10.1. The summed E-state index contributed by atoms with van der Waals surface area (Å²) in [6.45, 7) is 1.88. The normalized spacial score (nSPS) is 15.7. The zero-order valence-electron chi connectivity index (χ0n) is 13.5. The second-order valence-corrected chi connectivity index (χ2v) is 8.82. The molecular formula is C18H12ClIN2O2S2. The molecule has 0 unspecified atom stereocenters. The topological polar surface area (TPSA) is 49.4 Å². The fourth-order valence-corrected chi connectivity index (χ4v) is 4.10. The number of aryl methyl sites for hydroxylation is 1. The maximum Gasteiger partial charge on any atom is 0.285 e. The summed E-state index contributed by atoms with van der Waals surface area (Å²) in [5, 5.41) is 1.40. The van der Waals surface area contributed by atoms with E-state index in [1.807, 2.05) is 31.2 Å². The molecule has 1 N–H and O–H groups in total. The number of halogens is 2. The Balaban J connectivity index is 1.78. The monoisotopic (exact) mass is 514 g/mol. The lowest BCUT2D eigenvalue weighted by Gasteiger charge is -2.16. The van der Waals surface area contributed by atoms with Crippen molar-refractivity contribution >= 4 is 80.4 Å². The summed E-state index contributed by atoms with van der Waals surface area (Å²) in [5.74, 6) is -0.850. The third kappa shape index (κ3) is 4.28. The van der Waals surface area contributed by atoms with Gasteiger partial charge in [0.25, 0.3) is 11.8 Å². The molecule has 2 amide bonds. The van der Waals surface area contributed by atoms with Gasteiger partial charge in [-0.1, -0.05) is 41.6 Å². The first-order chi connectivity index (χ1) is 12.3. The van der Waals surface area contributed by atoms with Gasteiger partial charge in [0.2, 0.25) is 0 Å². The molecule has 0 bridgehead atoms. The van der Waals surface area contributed by atoms with Gasteiger partial charge in [-0.05, 0) is 83.2 Å². The summed E-state index contributed by atoms with van der Waals surface area (Å²) in [4.78, 5) is 25.5. The van der Waals surface area contributed by atoms with Crippen molar-refractivity contribution in [2.45, 2.75) is 6.92 Å². The van der Waals surface area contributed by atoms with Crippen LogP contribution in [-0.4, -0.2) is 21.1 Å². The minimum absolute atomic E-state index is 0.267. The van der Waals surface area contributed by atoms with Crippen LogP contribution in [0.1, 0.15) is 21.5 Å². The predicted octanol–water partition coefficient (Wildman–Crippen LogP) is 4.80. The number of carbonyl (C=O) groups is 2. The van der Waals surface area contributed by atoms with Crippen LogP contribution in [0, 0.1) is 10.5 Å². The van der Waals surface area contributed by atoms with E-state index in [1.165, 1.54) is 0 Å². The molecular weight excluding hydrogens is 503 g/mol.